The Morgan fingerprint density at radius 3 is 2.07 bits per heavy atom. The SMILES string of the molecule is CC(=O)N(C(C)=O)c1nc(-c2ccccc2)cn1NC(C)c1ccccc1. The van der Waals surface area contributed by atoms with Gasteiger partial charge in [-0.05, 0) is 12.5 Å². The van der Waals surface area contributed by atoms with Gasteiger partial charge < -0.3 is 5.43 Å². The van der Waals surface area contributed by atoms with Crippen LogP contribution in [-0.2, 0) is 9.59 Å². The van der Waals surface area contributed by atoms with E-state index in [2.05, 4.69) is 10.4 Å². The van der Waals surface area contributed by atoms with E-state index in [1.165, 1.54) is 13.8 Å². The van der Waals surface area contributed by atoms with Crippen LogP contribution in [0.15, 0.2) is 66.9 Å². The van der Waals surface area contributed by atoms with Crippen molar-refractivity contribution >= 4 is 17.8 Å². The number of amides is 2. The van der Waals surface area contributed by atoms with Crippen LogP contribution in [0.4, 0.5) is 5.95 Å². The standard InChI is InChI=1S/C21H22N4O2/c1-15(18-10-6-4-7-11-18)23-24-14-20(19-12-8-5-9-13-19)22-21(24)25(16(2)26)17(3)27/h4-15,23H,1-3H3. The predicted octanol–water partition coefficient (Wildman–Crippen LogP) is 3.75. The van der Waals surface area contributed by atoms with Gasteiger partial charge in [-0.3, -0.25) is 9.59 Å². The summed E-state index contributed by atoms with van der Waals surface area (Å²) in [6, 6.07) is 19.5. The van der Waals surface area contributed by atoms with Crippen molar-refractivity contribution in [3.63, 3.8) is 0 Å². The van der Waals surface area contributed by atoms with Crippen molar-refractivity contribution in [1.82, 2.24) is 9.66 Å². The Hall–Kier alpha value is -3.41. The van der Waals surface area contributed by atoms with E-state index in [0.717, 1.165) is 16.0 Å². The number of hydrogen-bond acceptors (Lipinski definition) is 4. The molecule has 6 nitrogen and oxygen atoms in total. The van der Waals surface area contributed by atoms with E-state index < -0.39 is 0 Å². The molecule has 6 heteroatoms. The second-order valence-corrected chi connectivity index (χ2v) is 6.30. The van der Waals surface area contributed by atoms with E-state index in [1.54, 1.807) is 10.9 Å². The fourth-order valence-electron chi connectivity index (χ4n) is 2.90. The lowest BCUT2D eigenvalue weighted by Crippen LogP contribution is -2.37. The maximum absolute atomic E-state index is 12.1. The molecule has 138 valence electrons. The average Bonchev–Trinajstić information content (AvgIpc) is 3.06. The zero-order valence-electron chi connectivity index (χ0n) is 15.6. The van der Waals surface area contributed by atoms with Gasteiger partial charge in [-0.2, -0.15) is 0 Å². The van der Waals surface area contributed by atoms with Crippen LogP contribution in [0.25, 0.3) is 11.3 Å². The smallest absolute Gasteiger partial charge is 0.238 e. The molecule has 3 aromatic rings. The highest BCUT2D eigenvalue weighted by Gasteiger charge is 2.24. The highest BCUT2D eigenvalue weighted by atomic mass is 16.2. The molecule has 0 saturated carbocycles. The first-order chi connectivity index (χ1) is 13.0. The Balaban J connectivity index is 2.03. The molecule has 0 fully saturated rings. The summed E-state index contributed by atoms with van der Waals surface area (Å²) in [5.74, 6) is -0.525. The van der Waals surface area contributed by atoms with Gasteiger partial charge in [0.2, 0.25) is 17.8 Å². The maximum atomic E-state index is 12.1. The first kappa shape index (κ1) is 18.4. The fraction of sp³-hybridized carbons (Fsp3) is 0.190. The normalized spacial score (nSPS) is 11.7. The summed E-state index contributed by atoms with van der Waals surface area (Å²) in [4.78, 5) is 29.7. The molecule has 1 heterocycles. The molecule has 0 aliphatic rings. The Morgan fingerprint density at radius 1 is 0.963 bits per heavy atom. The molecular weight excluding hydrogens is 340 g/mol. The van der Waals surface area contributed by atoms with E-state index >= 15 is 0 Å². The third-order valence-corrected chi connectivity index (χ3v) is 4.22. The van der Waals surface area contributed by atoms with Gasteiger partial charge >= 0.3 is 0 Å². The minimum absolute atomic E-state index is 0.0523. The Bertz CT molecular complexity index is 921. The molecule has 3 rings (SSSR count). The molecule has 1 atom stereocenters. The molecule has 0 saturated heterocycles. The largest absolute Gasteiger partial charge is 0.316 e. The number of carbonyl (C=O) groups is 2. The molecule has 0 radical (unpaired) electrons. The van der Waals surface area contributed by atoms with Gasteiger partial charge in [-0.25, -0.2) is 14.6 Å². The lowest BCUT2D eigenvalue weighted by molar-refractivity contribution is -0.124. The van der Waals surface area contributed by atoms with Crippen molar-refractivity contribution < 1.29 is 9.59 Å². The van der Waals surface area contributed by atoms with Crippen LogP contribution in [0.5, 0.6) is 0 Å². The summed E-state index contributed by atoms with van der Waals surface area (Å²) in [7, 11) is 0. The number of anilines is 1. The third-order valence-electron chi connectivity index (χ3n) is 4.22. The van der Waals surface area contributed by atoms with Gasteiger partial charge in [0.1, 0.15) is 0 Å². The zero-order chi connectivity index (χ0) is 19.4. The van der Waals surface area contributed by atoms with Crippen LogP contribution >= 0.6 is 0 Å². The number of benzene rings is 2. The third kappa shape index (κ3) is 4.06. The second-order valence-electron chi connectivity index (χ2n) is 6.30. The lowest BCUT2D eigenvalue weighted by Gasteiger charge is -2.22. The number of aromatic nitrogens is 2. The molecule has 1 N–H and O–H groups in total. The molecule has 2 amide bonds. The Labute approximate surface area is 158 Å². The van der Waals surface area contributed by atoms with E-state index in [1.807, 2.05) is 67.6 Å². The van der Waals surface area contributed by atoms with Crippen molar-refractivity contribution in [1.29, 1.82) is 0 Å². The number of imide groups is 1. The highest BCUT2D eigenvalue weighted by molar-refractivity contribution is 6.12. The predicted molar refractivity (Wildman–Crippen MR) is 106 cm³/mol. The number of nitrogens with zero attached hydrogens (tertiary/aromatic N) is 3. The first-order valence-electron chi connectivity index (χ1n) is 8.75. The summed E-state index contributed by atoms with van der Waals surface area (Å²) in [5.41, 5.74) is 5.97. The molecule has 0 aliphatic heterocycles. The van der Waals surface area contributed by atoms with Crippen LogP contribution in [0.2, 0.25) is 0 Å². The zero-order valence-corrected chi connectivity index (χ0v) is 15.6. The Morgan fingerprint density at radius 2 is 1.52 bits per heavy atom. The van der Waals surface area contributed by atoms with Gasteiger partial charge in [0, 0.05) is 19.4 Å². The molecular formula is C21H22N4O2. The van der Waals surface area contributed by atoms with Crippen LogP contribution in [0.3, 0.4) is 0 Å². The molecule has 27 heavy (non-hydrogen) atoms. The number of nitrogens with one attached hydrogen (secondary N) is 1. The average molecular weight is 362 g/mol. The van der Waals surface area contributed by atoms with E-state index in [9.17, 15) is 9.59 Å². The maximum Gasteiger partial charge on any atom is 0.238 e. The number of hydrogen-bond donors (Lipinski definition) is 1. The summed E-state index contributed by atoms with van der Waals surface area (Å²) in [5, 5.41) is 0. The van der Waals surface area contributed by atoms with Crippen LogP contribution in [0.1, 0.15) is 32.4 Å². The topological polar surface area (TPSA) is 67.2 Å². The second kappa shape index (κ2) is 7.86. The number of imidazole rings is 1. The number of rotatable bonds is 5. The summed E-state index contributed by atoms with van der Waals surface area (Å²) < 4.78 is 1.64. The van der Waals surface area contributed by atoms with E-state index in [-0.39, 0.29) is 23.8 Å². The van der Waals surface area contributed by atoms with Gasteiger partial charge in [-0.15, -0.1) is 0 Å². The first-order valence-corrected chi connectivity index (χ1v) is 8.75. The van der Waals surface area contributed by atoms with Crippen LogP contribution in [0, 0.1) is 0 Å². The minimum atomic E-state index is -0.386. The van der Waals surface area contributed by atoms with Crippen molar-refractivity contribution in [2.45, 2.75) is 26.8 Å². The lowest BCUT2D eigenvalue weighted by atomic mass is 10.1. The van der Waals surface area contributed by atoms with Gasteiger partial charge in [0.15, 0.2) is 0 Å². The summed E-state index contributed by atoms with van der Waals surface area (Å²) in [6.07, 6.45) is 1.79. The van der Waals surface area contributed by atoms with Crippen LogP contribution < -0.4 is 10.3 Å². The summed E-state index contributed by atoms with van der Waals surface area (Å²) in [6.45, 7) is 4.71. The molecule has 2 aromatic carbocycles. The molecule has 0 bridgehead atoms. The Kier molecular flexibility index (Phi) is 5.35. The fourth-order valence-corrected chi connectivity index (χ4v) is 2.90. The molecule has 0 aliphatic carbocycles. The van der Waals surface area contributed by atoms with Gasteiger partial charge in [0.05, 0.1) is 17.9 Å². The van der Waals surface area contributed by atoms with E-state index in [0.29, 0.717) is 5.69 Å². The van der Waals surface area contributed by atoms with Crippen molar-refractivity contribution in [3.8, 4) is 11.3 Å². The minimum Gasteiger partial charge on any atom is -0.316 e. The monoisotopic (exact) mass is 362 g/mol. The molecule has 0 spiro atoms. The molecule has 1 aromatic heterocycles. The van der Waals surface area contributed by atoms with Crippen molar-refractivity contribution in [3.05, 3.63) is 72.4 Å². The van der Waals surface area contributed by atoms with Gasteiger partial charge in [-0.1, -0.05) is 60.7 Å². The van der Waals surface area contributed by atoms with Crippen LogP contribution in [-0.4, -0.2) is 21.5 Å². The van der Waals surface area contributed by atoms with Gasteiger partial charge in [0.25, 0.3) is 0 Å². The molecule has 1 unspecified atom stereocenters. The van der Waals surface area contributed by atoms with Crippen molar-refractivity contribution in [2.24, 2.45) is 0 Å². The number of carbonyl (C=O) groups excluding carboxylic acids is 2. The quantitative estimate of drug-likeness (QED) is 0.750. The highest BCUT2D eigenvalue weighted by Crippen LogP contribution is 2.24. The summed E-state index contributed by atoms with van der Waals surface area (Å²) >= 11 is 0. The van der Waals surface area contributed by atoms with E-state index in [4.69, 9.17) is 0 Å². The van der Waals surface area contributed by atoms with Crippen molar-refractivity contribution in [2.75, 3.05) is 10.3 Å².